The molecule has 2 rings (SSSR count). The van der Waals surface area contributed by atoms with E-state index in [1.807, 2.05) is 32.0 Å². The fourth-order valence-corrected chi connectivity index (χ4v) is 3.36. The summed E-state index contributed by atoms with van der Waals surface area (Å²) in [5.41, 5.74) is 2.40. The third-order valence-corrected chi connectivity index (χ3v) is 4.65. The van der Waals surface area contributed by atoms with Gasteiger partial charge in [-0.25, -0.2) is 4.79 Å². The summed E-state index contributed by atoms with van der Waals surface area (Å²) in [5.74, 6) is -0.215. The Hall–Kier alpha value is -1.23. The molecule has 22 heavy (non-hydrogen) atoms. The second-order valence-corrected chi connectivity index (χ2v) is 6.36. The number of amides is 1. The molecule has 2 atom stereocenters. The van der Waals surface area contributed by atoms with Crippen LogP contribution in [0.15, 0.2) is 18.2 Å². The minimum Gasteiger partial charge on any atom is -0.621 e. The molecule has 4 heteroatoms. The molecule has 1 saturated heterocycles. The van der Waals surface area contributed by atoms with Crippen molar-refractivity contribution in [3.8, 4) is 0 Å². The summed E-state index contributed by atoms with van der Waals surface area (Å²) in [7, 11) is 0. The first kappa shape index (κ1) is 17.1. The Morgan fingerprint density at radius 2 is 2.00 bits per heavy atom. The van der Waals surface area contributed by atoms with Gasteiger partial charge >= 0.3 is 5.91 Å². The zero-order valence-electron chi connectivity index (χ0n) is 14.0. The lowest BCUT2D eigenvalue weighted by Gasteiger charge is -2.36. The number of benzene rings is 1. The van der Waals surface area contributed by atoms with E-state index in [9.17, 15) is 10.0 Å². The Morgan fingerprint density at radius 3 is 2.64 bits per heavy atom. The molecule has 1 N–H and O–H groups in total. The number of hydrogen-bond donors (Lipinski definition) is 1. The van der Waals surface area contributed by atoms with Crippen LogP contribution in [0.1, 0.15) is 50.2 Å². The molecule has 0 aromatic heterocycles. The van der Waals surface area contributed by atoms with Crippen LogP contribution in [0, 0.1) is 19.1 Å². The summed E-state index contributed by atoms with van der Waals surface area (Å²) >= 11 is 0. The molecule has 2 unspecified atom stereocenters. The van der Waals surface area contributed by atoms with Crippen LogP contribution < -0.4 is 5.06 Å². The Morgan fingerprint density at radius 1 is 1.32 bits per heavy atom. The van der Waals surface area contributed by atoms with Crippen molar-refractivity contribution in [1.82, 2.24) is 4.90 Å². The van der Waals surface area contributed by atoms with Crippen molar-refractivity contribution in [3.63, 3.8) is 0 Å². The maximum Gasteiger partial charge on any atom is 0.334 e. The Bertz CT molecular complexity index is 496. The molecule has 0 spiro atoms. The van der Waals surface area contributed by atoms with Crippen LogP contribution in [-0.2, 0) is 4.79 Å². The number of carbonyl (C=O) groups excluding carboxylic acids is 1. The predicted molar refractivity (Wildman–Crippen MR) is 89.0 cm³/mol. The van der Waals surface area contributed by atoms with Gasteiger partial charge in [0.1, 0.15) is 11.7 Å². The van der Waals surface area contributed by atoms with Crippen LogP contribution in [0.2, 0.25) is 0 Å². The summed E-state index contributed by atoms with van der Waals surface area (Å²) in [4.78, 5) is 15.0. The van der Waals surface area contributed by atoms with Crippen molar-refractivity contribution in [2.75, 3.05) is 13.1 Å². The van der Waals surface area contributed by atoms with Gasteiger partial charge in [0.05, 0.1) is 0 Å². The topological polar surface area (TPSA) is 47.8 Å². The van der Waals surface area contributed by atoms with E-state index in [1.54, 1.807) is 0 Å². The summed E-state index contributed by atoms with van der Waals surface area (Å²) < 4.78 is 0. The van der Waals surface area contributed by atoms with Crippen LogP contribution >= 0.6 is 0 Å². The number of piperidine rings is 1. The number of nitrogens with one attached hydrogen (secondary N) is 1. The molecular formula is C18H28N2O2. The summed E-state index contributed by atoms with van der Waals surface area (Å²) in [6.45, 7) is 7.83. The first-order chi connectivity index (χ1) is 10.6. The number of quaternary nitrogens is 1. The first-order valence-corrected chi connectivity index (χ1v) is 8.45. The largest absolute Gasteiger partial charge is 0.621 e. The third kappa shape index (κ3) is 3.75. The van der Waals surface area contributed by atoms with E-state index in [0.717, 1.165) is 56.3 Å². The molecule has 0 saturated carbocycles. The number of aryl methyl sites for hydroxylation is 2. The third-order valence-electron chi connectivity index (χ3n) is 4.65. The summed E-state index contributed by atoms with van der Waals surface area (Å²) in [6.07, 6.45) is 5.19. The standard InChI is InChI=1S/C18H28N2O2/c1-4-5-12-19-13-7-6-11-16(19)18(21)20(22)17-14(2)9-8-10-15(17)3/h8-10,16,20H,4-7,11-13H2,1-3H3. The molecule has 4 nitrogen and oxygen atoms in total. The second kappa shape index (κ2) is 7.86. The van der Waals surface area contributed by atoms with Crippen LogP contribution in [0.5, 0.6) is 0 Å². The van der Waals surface area contributed by atoms with Gasteiger partial charge in [0.25, 0.3) is 0 Å². The molecule has 1 amide bonds. The number of hydrogen-bond acceptors (Lipinski definition) is 3. The minimum absolute atomic E-state index is 0.215. The van der Waals surface area contributed by atoms with Gasteiger partial charge in [-0.3, -0.25) is 9.96 Å². The molecule has 1 fully saturated rings. The number of likely N-dealkylation sites (tertiary alicyclic amines) is 1. The van der Waals surface area contributed by atoms with Gasteiger partial charge in [-0.2, -0.15) is 0 Å². The van der Waals surface area contributed by atoms with Crippen LogP contribution in [0.3, 0.4) is 0 Å². The Kier molecular flexibility index (Phi) is 6.12. The molecule has 0 bridgehead atoms. The van der Waals surface area contributed by atoms with Gasteiger partial charge in [0, 0.05) is 11.1 Å². The Balaban J connectivity index is 2.17. The molecule has 0 radical (unpaired) electrons. The van der Waals surface area contributed by atoms with Crippen molar-refractivity contribution >= 4 is 11.6 Å². The van der Waals surface area contributed by atoms with Crippen molar-refractivity contribution in [3.05, 3.63) is 34.5 Å². The van der Waals surface area contributed by atoms with E-state index in [0.29, 0.717) is 5.69 Å². The molecule has 1 aromatic carbocycles. The fourth-order valence-electron chi connectivity index (χ4n) is 3.36. The van der Waals surface area contributed by atoms with E-state index in [4.69, 9.17) is 0 Å². The monoisotopic (exact) mass is 304 g/mol. The average molecular weight is 304 g/mol. The quantitative estimate of drug-likeness (QED) is 0.850. The lowest BCUT2D eigenvalue weighted by atomic mass is 10.00. The van der Waals surface area contributed by atoms with Crippen LogP contribution in [-0.4, -0.2) is 29.9 Å². The van der Waals surface area contributed by atoms with Crippen molar-refractivity contribution in [2.45, 2.75) is 58.9 Å². The van der Waals surface area contributed by atoms with E-state index in [1.165, 1.54) is 0 Å². The number of unbranched alkanes of at least 4 members (excludes halogenated alkanes) is 1. The highest BCUT2D eigenvalue weighted by molar-refractivity contribution is 5.76. The van der Waals surface area contributed by atoms with E-state index in [-0.39, 0.29) is 17.0 Å². The zero-order valence-corrected chi connectivity index (χ0v) is 14.0. The normalized spacial score (nSPS) is 20.8. The number of para-hydroxylation sites is 1. The second-order valence-electron chi connectivity index (χ2n) is 6.36. The van der Waals surface area contributed by atoms with Gasteiger partial charge in [0.15, 0.2) is 0 Å². The highest BCUT2D eigenvalue weighted by Gasteiger charge is 2.34. The lowest BCUT2D eigenvalue weighted by molar-refractivity contribution is -0.691. The van der Waals surface area contributed by atoms with Gasteiger partial charge in [-0.15, -0.1) is 0 Å². The summed E-state index contributed by atoms with van der Waals surface area (Å²) in [6, 6.07) is 5.53. The summed E-state index contributed by atoms with van der Waals surface area (Å²) in [5, 5.41) is 12.4. The zero-order chi connectivity index (χ0) is 16.1. The number of hydroxylamine groups is 1. The van der Waals surface area contributed by atoms with Gasteiger partial charge in [-0.05, 0) is 52.6 Å². The number of nitrogens with zero attached hydrogens (tertiary/aromatic N) is 1. The molecular weight excluding hydrogens is 276 g/mol. The van der Waals surface area contributed by atoms with E-state index >= 15 is 0 Å². The van der Waals surface area contributed by atoms with Crippen LogP contribution in [0.4, 0.5) is 5.69 Å². The molecule has 122 valence electrons. The molecule has 1 aliphatic heterocycles. The van der Waals surface area contributed by atoms with E-state index < -0.39 is 0 Å². The van der Waals surface area contributed by atoms with Crippen molar-refractivity contribution < 1.29 is 9.86 Å². The Labute approximate surface area is 133 Å². The van der Waals surface area contributed by atoms with Gasteiger partial charge in [0.2, 0.25) is 0 Å². The number of rotatable bonds is 5. The first-order valence-electron chi connectivity index (χ1n) is 8.45. The van der Waals surface area contributed by atoms with Gasteiger partial charge < -0.3 is 5.21 Å². The van der Waals surface area contributed by atoms with E-state index in [2.05, 4.69) is 11.8 Å². The lowest BCUT2D eigenvalue weighted by Crippen LogP contribution is -3.07. The molecule has 1 aromatic rings. The van der Waals surface area contributed by atoms with Crippen molar-refractivity contribution in [1.29, 1.82) is 0 Å². The molecule has 1 heterocycles. The van der Waals surface area contributed by atoms with Crippen LogP contribution in [0.25, 0.3) is 0 Å². The fraction of sp³-hybridized carbons (Fsp3) is 0.611. The number of carbonyl (C=O) groups is 1. The smallest absolute Gasteiger partial charge is 0.334 e. The minimum atomic E-state index is -0.302. The SMILES string of the molecule is CCCCN1CCCCC1C(=O)[NH+]([O-])c1c(C)cccc1C. The molecule has 1 aliphatic rings. The predicted octanol–water partition coefficient (Wildman–Crippen LogP) is 2.50. The molecule has 0 aliphatic carbocycles. The maximum absolute atomic E-state index is 12.8. The highest BCUT2D eigenvalue weighted by Crippen LogP contribution is 2.19. The highest BCUT2D eigenvalue weighted by atomic mass is 16.5. The average Bonchev–Trinajstić information content (AvgIpc) is 2.52. The van der Waals surface area contributed by atoms with Gasteiger partial charge in [-0.1, -0.05) is 31.5 Å². The maximum atomic E-state index is 12.8. The van der Waals surface area contributed by atoms with Crippen molar-refractivity contribution in [2.24, 2.45) is 0 Å².